The summed E-state index contributed by atoms with van der Waals surface area (Å²) in [6.45, 7) is 0.261. The van der Waals surface area contributed by atoms with Gasteiger partial charge >= 0.3 is 5.97 Å². The Balaban J connectivity index is 2.58. The van der Waals surface area contributed by atoms with Gasteiger partial charge in [0.05, 0.1) is 12.2 Å². The molecule has 4 nitrogen and oxygen atoms in total. The van der Waals surface area contributed by atoms with Gasteiger partial charge in [-0.2, -0.15) is 0 Å². The number of hydrogen-bond acceptors (Lipinski definition) is 3. The van der Waals surface area contributed by atoms with E-state index in [-0.39, 0.29) is 12.4 Å². The molecule has 1 heterocycles. The van der Waals surface area contributed by atoms with Gasteiger partial charge in [0.25, 0.3) is 0 Å². The van der Waals surface area contributed by atoms with Crippen molar-refractivity contribution in [1.29, 1.82) is 0 Å². The average Bonchev–Trinajstić information content (AvgIpc) is 2.65. The number of carboxylic acids is 1. The van der Waals surface area contributed by atoms with Crippen LogP contribution < -0.4 is 10.5 Å². The third-order valence-electron chi connectivity index (χ3n) is 2.48. The molecule has 2 rings (SSSR count). The Morgan fingerprint density at radius 3 is 2.88 bits per heavy atom. The summed E-state index contributed by atoms with van der Waals surface area (Å²) in [5.74, 6) is -3.54. The van der Waals surface area contributed by atoms with Gasteiger partial charge in [0.1, 0.15) is 11.9 Å². The zero-order chi connectivity index (χ0) is 11.9. The average molecular weight is 229 g/mol. The number of rotatable bonds is 2. The number of benzene rings is 1. The number of ether oxygens (including phenoxy) is 1. The molecule has 6 heteroatoms. The molecule has 1 aliphatic heterocycles. The number of hydrogen-bond donors (Lipinski definition) is 2. The van der Waals surface area contributed by atoms with Crippen LogP contribution in [-0.4, -0.2) is 17.7 Å². The van der Waals surface area contributed by atoms with E-state index in [4.69, 9.17) is 15.6 Å². The zero-order valence-corrected chi connectivity index (χ0v) is 8.17. The fraction of sp³-hybridized carbons (Fsp3) is 0.300. The summed E-state index contributed by atoms with van der Waals surface area (Å²) >= 11 is 0. The first-order chi connectivity index (χ1) is 7.52. The first-order valence-electron chi connectivity index (χ1n) is 4.64. The van der Waals surface area contributed by atoms with Crippen LogP contribution in [0, 0.1) is 11.6 Å². The molecule has 3 N–H and O–H groups in total. The third kappa shape index (κ3) is 1.51. The number of aliphatic carboxylic acids is 1. The molecule has 0 bridgehead atoms. The highest BCUT2D eigenvalue weighted by molar-refractivity contribution is 5.75. The van der Waals surface area contributed by atoms with Crippen LogP contribution in [0.2, 0.25) is 0 Å². The maximum absolute atomic E-state index is 13.7. The maximum Gasteiger partial charge on any atom is 0.325 e. The lowest BCUT2D eigenvalue weighted by Gasteiger charge is -2.12. The number of nitrogens with two attached hydrogens (primary N) is 1. The Bertz CT molecular complexity index is 462. The lowest BCUT2D eigenvalue weighted by Crippen LogP contribution is -2.23. The van der Waals surface area contributed by atoms with Gasteiger partial charge in [0.15, 0.2) is 11.6 Å². The van der Waals surface area contributed by atoms with Crippen molar-refractivity contribution in [2.75, 3.05) is 6.61 Å². The molecule has 0 saturated heterocycles. The van der Waals surface area contributed by atoms with Crippen molar-refractivity contribution in [3.05, 3.63) is 28.8 Å². The smallest absolute Gasteiger partial charge is 0.325 e. The first kappa shape index (κ1) is 10.8. The molecule has 0 unspecified atom stereocenters. The molecule has 0 radical (unpaired) electrons. The van der Waals surface area contributed by atoms with Crippen LogP contribution in [0.3, 0.4) is 0 Å². The van der Waals surface area contributed by atoms with Crippen LogP contribution in [0.15, 0.2) is 6.07 Å². The van der Waals surface area contributed by atoms with Gasteiger partial charge in [-0.15, -0.1) is 0 Å². The highest BCUT2D eigenvalue weighted by atomic mass is 19.1. The van der Waals surface area contributed by atoms with E-state index in [0.29, 0.717) is 12.0 Å². The van der Waals surface area contributed by atoms with E-state index < -0.39 is 29.2 Å². The minimum atomic E-state index is -1.73. The second kappa shape index (κ2) is 3.71. The van der Waals surface area contributed by atoms with Gasteiger partial charge in [-0.1, -0.05) is 0 Å². The molecular weight excluding hydrogens is 220 g/mol. The van der Waals surface area contributed by atoms with Gasteiger partial charge in [0.2, 0.25) is 0 Å². The monoisotopic (exact) mass is 229 g/mol. The van der Waals surface area contributed by atoms with Crippen molar-refractivity contribution in [3.8, 4) is 5.75 Å². The molecule has 0 aliphatic carbocycles. The van der Waals surface area contributed by atoms with Gasteiger partial charge in [0, 0.05) is 12.0 Å². The highest BCUT2D eigenvalue weighted by Crippen LogP contribution is 2.34. The minimum Gasteiger partial charge on any atom is -0.490 e. The van der Waals surface area contributed by atoms with Crippen molar-refractivity contribution in [2.24, 2.45) is 5.73 Å². The van der Waals surface area contributed by atoms with Crippen LogP contribution in [0.5, 0.6) is 5.75 Å². The van der Waals surface area contributed by atoms with E-state index in [1.54, 1.807) is 0 Å². The molecule has 1 atom stereocenters. The molecule has 0 saturated carbocycles. The Labute approximate surface area is 89.6 Å². The van der Waals surface area contributed by atoms with E-state index in [2.05, 4.69) is 0 Å². The standard InChI is InChI=1S/C10H9F2NO3/c11-5-3-4-1-2-16-9(4)7(12)6(5)8(13)10(14)15/h3,8H,1-2,13H2,(H,14,15)/t8-/m0/s1. The van der Waals surface area contributed by atoms with Crippen LogP contribution in [0.1, 0.15) is 17.2 Å². The van der Waals surface area contributed by atoms with Crippen LogP contribution >= 0.6 is 0 Å². The topological polar surface area (TPSA) is 72.6 Å². The molecule has 16 heavy (non-hydrogen) atoms. The summed E-state index contributed by atoms with van der Waals surface area (Å²) in [4.78, 5) is 10.6. The summed E-state index contributed by atoms with van der Waals surface area (Å²) in [5, 5.41) is 8.63. The molecule has 1 aromatic rings. The van der Waals surface area contributed by atoms with Crippen molar-refractivity contribution >= 4 is 5.97 Å². The van der Waals surface area contributed by atoms with Crippen LogP contribution in [-0.2, 0) is 11.2 Å². The number of fused-ring (bicyclic) bond motifs is 1. The summed E-state index contributed by atoms with van der Waals surface area (Å²) < 4.78 is 32.2. The summed E-state index contributed by atoms with van der Waals surface area (Å²) in [5.41, 5.74) is 4.94. The molecule has 86 valence electrons. The van der Waals surface area contributed by atoms with E-state index in [1.807, 2.05) is 0 Å². The quantitative estimate of drug-likeness (QED) is 0.793. The fourth-order valence-corrected chi connectivity index (χ4v) is 1.68. The van der Waals surface area contributed by atoms with Crippen molar-refractivity contribution in [3.63, 3.8) is 0 Å². The minimum absolute atomic E-state index is 0.0897. The lowest BCUT2D eigenvalue weighted by atomic mass is 10.0. The highest BCUT2D eigenvalue weighted by Gasteiger charge is 2.29. The van der Waals surface area contributed by atoms with E-state index in [9.17, 15) is 13.6 Å². The summed E-state index contributed by atoms with van der Waals surface area (Å²) in [6.07, 6.45) is 0.408. The predicted octanol–water partition coefficient (Wildman–Crippen LogP) is 0.984. The van der Waals surface area contributed by atoms with E-state index in [0.717, 1.165) is 6.07 Å². The molecule has 0 spiro atoms. The molecule has 1 aliphatic rings. The second-order valence-electron chi connectivity index (χ2n) is 3.49. The molecular formula is C10H9F2NO3. The summed E-state index contributed by atoms with van der Waals surface area (Å²) in [6, 6.07) is -0.654. The first-order valence-corrected chi connectivity index (χ1v) is 4.64. The normalized spacial score (nSPS) is 15.4. The third-order valence-corrected chi connectivity index (χ3v) is 2.48. The number of carbonyl (C=O) groups is 1. The molecule has 1 aromatic carbocycles. The van der Waals surface area contributed by atoms with Crippen molar-refractivity contribution in [2.45, 2.75) is 12.5 Å². The Kier molecular flexibility index (Phi) is 2.51. The lowest BCUT2D eigenvalue weighted by molar-refractivity contribution is -0.138. The molecule has 0 amide bonds. The fourth-order valence-electron chi connectivity index (χ4n) is 1.68. The molecule has 0 aromatic heterocycles. The van der Waals surface area contributed by atoms with E-state index >= 15 is 0 Å². The van der Waals surface area contributed by atoms with Crippen LogP contribution in [0.25, 0.3) is 0 Å². The number of halogens is 2. The second-order valence-corrected chi connectivity index (χ2v) is 3.49. The Hall–Kier alpha value is -1.69. The van der Waals surface area contributed by atoms with Crippen LogP contribution in [0.4, 0.5) is 8.78 Å². The van der Waals surface area contributed by atoms with Gasteiger partial charge in [-0.05, 0) is 6.07 Å². The van der Waals surface area contributed by atoms with Gasteiger partial charge in [-0.25, -0.2) is 8.78 Å². The van der Waals surface area contributed by atoms with Gasteiger partial charge < -0.3 is 15.6 Å². The van der Waals surface area contributed by atoms with Crippen molar-refractivity contribution in [1.82, 2.24) is 0 Å². The maximum atomic E-state index is 13.7. The Morgan fingerprint density at radius 2 is 2.25 bits per heavy atom. The number of carboxylic acid groups (broad SMARTS) is 1. The van der Waals surface area contributed by atoms with Gasteiger partial charge in [-0.3, -0.25) is 4.79 Å². The predicted molar refractivity (Wildman–Crippen MR) is 50.1 cm³/mol. The largest absolute Gasteiger partial charge is 0.490 e. The zero-order valence-electron chi connectivity index (χ0n) is 8.17. The molecule has 0 fully saturated rings. The van der Waals surface area contributed by atoms with Crippen molar-refractivity contribution < 1.29 is 23.4 Å². The summed E-state index contributed by atoms with van der Waals surface area (Å²) in [7, 11) is 0. The van der Waals surface area contributed by atoms with E-state index in [1.165, 1.54) is 0 Å². The Morgan fingerprint density at radius 1 is 1.56 bits per heavy atom. The SMILES string of the molecule is N[C@H](C(=O)O)c1c(F)cc2c(c1F)OCC2.